The third-order valence-corrected chi connectivity index (χ3v) is 2.68. The Morgan fingerprint density at radius 2 is 2.33 bits per heavy atom. The van der Waals surface area contributed by atoms with Crippen LogP contribution in [0.25, 0.3) is 0 Å². The lowest BCUT2D eigenvalue weighted by Crippen LogP contribution is -2.51. The van der Waals surface area contributed by atoms with E-state index in [1.807, 2.05) is 20.8 Å². The number of hydrogen-bond donors (Lipinski definition) is 0. The van der Waals surface area contributed by atoms with Crippen LogP contribution in [0.2, 0.25) is 0 Å². The summed E-state index contributed by atoms with van der Waals surface area (Å²) >= 11 is 6.42. The number of dihydropyridines is 1. The molecule has 1 rings (SSSR count). The molecule has 0 aromatic rings. The highest BCUT2D eigenvalue weighted by atomic mass is 35.5. The fraction of sp³-hybridized carbons (Fsp3) is 0.538. The fourth-order valence-electron chi connectivity index (χ4n) is 1.48. The molecule has 1 amide bonds. The van der Waals surface area contributed by atoms with Crippen LogP contribution in [0.15, 0.2) is 29.8 Å². The third-order valence-electron chi connectivity index (χ3n) is 2.23. The largest absolute Gasteiger partial charge is 0.444 e. The normalized spacial score (nSPS) is 22.7. The Labute approximate surface area is 113 Å². The van der Waals surface area contributed by atoms with E-state index in [0.717, 1.165) is 0 Å². The Kier molecular flexibility index (Phi) is 4.57. The van der Waals surface area contributed by atoms with Crippen LogP contribution in [0.4, 0.5) is 4.79 Å². The van der Waals surface area contributed by atoms with E-state index in [1.165, 1.54) is 4.90 Å². The van der Waals surface area contributed by atoms with Crippen molar-refractivity contribution in [1.82, 2.24) is 4.90 Å². The van der Waals surface area contributed by atoms with E-state index in [-0.39, 0.29) is 0 Å². The quantitative estimate of drug-likeness (QED) is 0.449. The molecule has 1 aliphatic rings. The minimum Gasteiger partial charge on any atom is -0.444 e. The van der Waals surface area contributed by atoms with Crippen LogP contribution in [0, 0.1) is 0 Å². The lowest BCUT2D eigenvalue weighted by molar-refractivity contribution is 0.0193. The predicted octanol–water partition coefficient (Wildman–Crippen LogP) is 2.99. The van der Waals surface area contributed by atoms with E-state index in [0.29, 0.717) is 13.1 Å². The van der Waals surface area contributed by atoms with Crippen molar-refractivity contribution in [3.05, 3.63) is 24.8 Å². The molecule has 4 nitrogen and oxygen atoms in total. The predicted molar refractivity (Wildman–Crippen MR) is 74.2 cm³/mol. The van der Waals surface area contributed by atoms with Gasteiger partial charge in [0.15, 0.2) is 5.00 Å². The summed E-state index contributed by atoms with van der Waals surface area (Å²) in [6.45, 7) is 9.68. The number of rotatable bonds is 3. The van der Waals surface area contributed by atoms with Crippen LogP contribution in [0.3, 0.4) is 0 Å². The summed E-state index contributed by atoms with van der Waals surface area (Å²) in [5, 5.41) is 0. The average Bonchev–Trinajstić information content (AvgIpc) is 2.24. The highest BCUT2D eigenvalue weighted by Crippen LogP contribution is 2.27. The van der Waals surface area contributed by atoms with E-state index < -0.39 is 16.7 Å². The molecule has 0 aromatic carbocycles. The molecule has 0 bridgehead atoms. The lowest BCUT2D eigenvalue weighted by atomic mass is 10.2. The second-order valence-electron chi connectivity index (χ2n) is 5.05. The zero-order valence-electron chi connectivity index (χ0n) is 11.0. The fourth-order valence-corrected chi connectivity index (χ4v) is 1.76. The number of nitrogens with zero attached hydrogens (tertiary/aromatic N) is 2. The third kappa shape index (κ3) is 3.88. The Morgan fingerprint density at radius 1 is 1.67 bits per heavy atom. The number of hydrogen-bond acceptors (Lipinski definition) is 3. The minimum atomic E-state index is -0.981. The second-order valence-corrected chi connectivity index (χ2v) is 5.70. The number of ether oxygens (including phenoxy) is 1. The van der Waals surface area contributed by atoms with Gasteiger partial charge in [0.2, 0.25) is 0 Å². The van der Waals surface area contributed by atoms with Crippen molar-refractivity contribution in [3.63, 3.8) is 0 Å². The van der Waals surface area contributed by atoms with Gasteiger partial charge in [-0.2, -0.15) is 0 Å². The molecule has 18 heavy (non-hydrogen) atoms. The molecule has 1 heterocycles. The summed E-state index contributed by atoms with van der Waals surface area (Å²) < 4.78 is 5.34. The summed E-state index contributed by atoms with van der Waals surface area (Å²) in [5.41, 5.74) is -0.564. The van der Waals surface area contributed by atoms with Crippen LogP contribution >= 0.6 is 11.6 Å². The number of carbonyl (C=O) groups is 1. The molecular formula is C13H19ClN2O2. The standard InChI is InChI=1S/C13H19ClN2O2/c1-5-9-16(11(17)18-12(2,3)4)13(14)7-6-8-15-10-13/h5-8H,1,9-10H2,2-4H3. The van der Waals surface area contributed by atoms with Crippen molar-refractivity contribution in [2.24, 2.45) is 4.99 Å². The minimum absolute atomic E-state index is 0.304. The number of halogens is 1. The molecule has 0 N–H and O–H groups in total. The molecule has 1 unspecified atom stereocenters. The second kappa shape index (κ2) is 5.57. The zero-order chi connectivity index (χ0) is 13.8. The van der Waals surface area contributed by atoms with Gasteiger partial charge in [-0.05, 0) is 32.9 Å². The first-order chi connectivity index (χ1) is 8.28. The molecular weight excluding hydrogens is 252 g/mol. The molecule has 0 saturated carbocycles. The van der Waals surface area contributed by atoms with Gasteiger partial charge in [0.05, 0.1) is 6.54 Å². The van der Waals surface area contributed by atoms with E-state index >= 15 is 0 Å². The van der Waals surface area contributed by atoms with Gasteiger partial charge in [-0.25, -0.2) is 4.79 Å². The van der Waals surface area contributed by atoms with Gasteiger partial charge in [0, 0.05) is 12.8 Å². The van der Waals surface area contributed by atoms with E-state index in [9.17, 15) is 4.79 Å². The van der Waals surface area contributed by atoms with Crippen LogP contribution in [-0.4, -0.2) is 40.9 Å². The topological polar surface area (TPSA) is 41.9 Å². The van der Waals surface area contributed by atoms with Crippen molar-refractivity contribution >= 4 is 23.9 Å². The molecule has 0 radical (unpaired) electrons. The summed E-state index contributed by atoms with van der Waals surface area (Å²) in [6.07, 6.45) is 6.24. The number of carbonyl (C=O) groups excluding carboxylic acids is 1. The molecule has 0 aromatic heterocycles. The first-order valence-corrected chi connectivity index (χ1v) is 6.14. The lowest BCUT2D eigenvalue weighted by Gasteiger charge is -2.37. The molecule has 0 aliphatic carbocycles. The Bertz CT molecular complexity index is 385. The van der Waals surface area contributed by atoms with Crippen molar-refractivity contribution in [2.75, 3.05) is 13.1 Å². The number of alkyl halides is 1. The summed E-state index contributed by atoms with van der Waals surface area (Å²) in [7, 11) is 0. The number of allylic oxidation sites excluding steroid dienone is 1. The van der Waals surface area contributed by atoms with Gasteiger partial charge in [-0.15, -0.1) is 6.58 Å². The summed E-state index contributed by atoms with van der Waals surface area (Å²) in [6, 6.07) is 0. The smallest absolute Gasteiger partial charge is 0.412 e. The molecule has 100 valence electrons. The van der Waals surface area contributed by atoms with Crippen molar-refractivity contribution in [3.8, 4) is 0 Å². The first kappa shape index (κ1) is 14.8. The maximum atomic E-state index is 12.1. The van der Waals surface area contributed by atoms with E-state index in [4.69, 9.17) is 16.3 Å². The van der Waals surface area contributed by atoms with Crippen molar-refractivity contribution in [2.45, 2.75) is 31.4 Å². The highest BCUT2D eigenvalue weighted by molar-refractivity contribution is 6.26. The van der Waals surface area contributed by atoms with E-state index in [2.05, 4.69) is 11.6 Å². The monoisotopic (exact) mass is 270 g/mol. The van der Waals surface area contributed by atoms with Gasteiger partial charge in [-0.3, -0.25) is 9.89 Å². The summed E-state index contributed by atoms with van der Waals surface area (Å²) in [4.78, 5) is 16.7. The Balaban J connectivity index is 2.88. The molecule has 1 atom stereocenters. The number of amides is 1. The van der Waals surface area contributed by atoms with Crippen molar-refractivity contribution < 1.29 is 9.53 Å². The molecule has 5 heteroatoms. The molecule has 0 fully saturated rings. The highest BCUT2D eigenvalue weighted by Gasteiger charge is 2.38. The van der Waals surface area contributed by atoms with Crippen LogP contribution < -0.4 is 0 Å². The zero-order valence-corrected chi connectivity index (χ0v) is 11.8. The van der Waals surface area contributed by atoms with Gasteiger partial charge in [-0.1, -0.05) is 17.7 Å². The van der Waals surface area contributed by atoms with Gasteiger partial charge in [0.1, 0.15) is 5.60 Å². The van der Waals surface area contributed by atoms with Crippen molar-refractivity contribution in [1.29, 1.82) is 0 Å². The SMILES string of the molecule is C=CCN(C(=O)OC(C)(C)C)C1(Cl)C=CC=NC1. The van der Waals surface area contributed by atoms with Crippen LogP contribution in [0.5, 0.6) is 0 Å². The maximum Gasteiger partial charge on any atom is 0.412 e. The van der Waals surface area contributed by atoms with Crippen LogP contribution in [-0.2, 0) is 4.74 Å². The molecule has 1 aliphatic heterocycles. The Morgan fingerprint density at radius 3 is 2.78 bits per heavy atom. The van der Waals surface area contributed by atoms with E-state index in [1.54, 1.807) is 24.4 Å². The maximum absolute atomic E-state index is 12.1. The van der Waals surface area contributed by atoms with Gasteiger partial charge in [0.25, 0.3) is 0 Å². The average molecular weight is 271 g/mol. The first-order valence-electron chi connectivity index (χ1n) is 5.76. The molecule has 0 spiro atoms. The van der Waals surface area contributed by atoms with Gasteiger partial charge < -0.3 is 4.74 Å². The summed E-state index contributed by atoms with van der Waals surface area (Å²) in [5.74, 6) is 0. The Hall–Kier alpha value is -1.29. The number of aliphatic imine (C=N–C) groups is 1. The molecule has 0 saturated heterocycles. The van der Waals surface area contributed by atoms with Gasteiger partial charge >= 0.3 is 6.09 Å². The van der Waals surface area contributed by atoms with Crippen LogP contribution in [0.1, 0.15) is 20.8 Å².